The third-order valence-electron chi connectivity index (χ3n) is 6.10. The number of carbonyl (C=O) groups excluding carboxylic acids is 1. The zero-order valence-electron chi connectivity index (χ0n) is 17.8. The van der Waals surface area contributed by atoms with Gasteiger partial charge in [-0.25, -0.2) is 13.4 Å². The molecule has 1 saturated heterocycles. The zero-order valence-corrected chi connectivity index (χ0v) is 18.6. The minimum atomic E-state index is -4.78. The zero-order chi connectivity index (χ0) is 25.7. The van der Waals surface area contributed by atoms with Gasteiger partial charge in [-0.3, -0.25) is 4.79 Å². The highest BCUT2D eigenvalue weighted by Gasteiger charge is 2.59. The van der Waals surface area contributed by atoms with Crippen LogP contribution in [0.1, 0.15) is 31.5 Å². The van der Waals surface area contributed by atoms with E-state index in [0.29, 0.717) is 12.1 Å². The van der Waals surface area contributed by atoms with Crippen LogP contribution in [0, 0.1) is 17.8 Å². The summed E-state index contributed by atoms with van der Waals surface area (Å²) in [6.07, 6.45) is -3.47. The molecule has 1 unspecified atom stereocenters. The molecule has 1 fully saturated rings. The molecule has 0 aliphatic carbocycles. The van der Waals surface area contributed by atoms with Gasteiger partial charge in [0.05, 0.1) is 32.5 Å². The van der Waals surface area contributed by atoms with E-state index in [1.54, 1.807) is 0 Å². The maximum absolute atomic E-state index is 13.5. The van der Waals surface area contributed by atoms with Crippen LogP contribution in [0.2, 0.25) is 0 Å². The van der Waals surface area contributed by atoms with E-state index in [0.717, 1.165) is 35.4 Å². The Bertz CT molecular complexity index is 1260. The van der Waals surface area contributed by atoms with Gasteiger partial charge in [-0.15, -0.1) is 6.42 Å². The Kier molecular flexibility index (Phi) is 6.02. The van der Waals surface area contributed by atoms with Crippen LogP contribution in [-0.4, -0.2) is 30.6 Å². The summed E-state index contributed by atoms with van der Waals surface area (Å²) in [5.74, 6) is 1.68. The fourth-order valence-corrected chi connectivity index (χ4v) is 5.62. The van der Waals surface area contributed by atoms with Gasteiger partial charge in [-0.1, -0.05) is 12.0 Å². The van der Waals surface area contributed by atoms with Gasteiger partial charge in [0, 0.05) is 13.0 Å². The molecule has 182 valence electrons. The van der Waals surface area contributed by atoms with E-state index >= 15 is 0 Å². The van der Waals surface area contributed by atoms with Crippen LogP contribution in [-0.2, 0) is 27.0 Å². The number of nitrogens with zero attached hydrogens (tertiary/aromatic N) is 2. The lowest BCUT2D eigenvalue weighted by molar-refractivity contribution is -0.141. The van der Waals surface area contributed by atoms with Crippen LogP contribution in [0.4, 0.5) is 32.0 Å². The summed E-state index contributed by atoms with van der Waals surface area (Å²) in [5.41, 5.74) is -4.07. The second-order valence-electron chi connectivity index (χ2n) is 8.32. The number of pyridine rings is 1. The number of halogens is 6. The topological polar surface area (TPSA) is 67.3 Å². The van der Waals surface area contributed by atoms with E-state index in [1.807, 2.05) is 0 Å². The van der Waals surface area contributed by atoms with Gasteiger partial charge in [0.2, 0.25) is 5.91 Å². The summed E-state index contributed by atoms with van der Waals surface area (Å²) in [5, 5.41) is 0. The van der Waals surface area contributed by atoms with Gasteiger partial charge in [0.1, 0.15) is 5.69 Å². The van der Waals surface area contributed by atoms with Crippen molar-refractivity contribution in [3.8, 4) is 12.3 Å². The molecule has 1 aliphatic heterocycles. The molecule has 2 aromatic rings. The molecule has 0 saturated carbocycles. The summed E-state index contributed by atoms with van der Waals surface area (Å²) < 4.78 is 103. The number of terminal acetylenes is 1. The quantitative estimate of drug-likeness (QED) is 0.446. The third kappa shape index (κ3) is 4.13. The number of hydrogen-bond acceptors (Lipinski definition) is 4. The average molecular weight is 504 g/mol. The number of alkyl halides is 6. The third-order valence-corrected chi connectivity index (χ3v) is 8.71. The lowest BCUT2D eigenvalue weighted by Crippen LogP contribution is -2.50. The summed E-state index contributed by atoms with van der Waals surface area (Å²) in [6, 6.07) is 4.86. The Morgan fingerprint density at radius 2 is 1.71 bits per heavy atom. The van der Waals surface area contributed by atoms with Crippen molar-refractivity contribution in [1.29, 1.82) is 0 Å². The van der Waals surface area contributed by atoms with Gasteiger partial charge >= 0.3 is 12.4 Å². The van der Waals surface area contributed by atoms with Crippen molar-refractivity contribution in [2.75, 3.05) is 11.4 Å². The maximum Gasteiger partial charge on any atom is 0.433 e. The first-order valence-corrected chi connectivity index (χ1v) is 11.2. The van der Waals surface area contributed by atoms with Crippen molar-refractivity contribution in [3.05, 3.63) is 53.9 Å². The van der Waals surface area contributed by atoms with E-state index in [9.17, 15) is 39.6 Å². The predicted molar refractivity (Wildman–Crippen MR) is 110 cm³/mol. The number of anilines is 1. The van der Waals surface area contributed by atoms with Crippen molar-refractivity contribution in [2.45, 2.75) is 42.3 Å². The van der Waals surface area contributed by atoms with E-state index < -0.39 is 60.8 Å². The van der Waals surface area contributed by atoms with Crippen molar-refractivity contribution in [1.82, 2.24) is 4.98 Å². The Morgan fingerprint density at radius 1 is 1.06 bits per heavy atom. The van der Waals surface area contributed by atoms with E-state index in [2.05, 4.69) is 10.9 Å². The molecule has 0 radical (unpaired) electrons. The molecule has 0 N–H and O–H groups in total. The molecular weight excluding hydrogens is 486 g/mol. The number of carbonyl (C=O) groups is 1. The molecule has 1 atom stereocenters. The number of amides is 1. The molecule has 1 amide bonds. The molecule has 1 aliphatic rings. The van der Waals surface area contributed by atoms with Crippen LogP contribution >= 0.6 is 0 Å². The molecular formula is C22H18F6N2O3S. The van der Waals surface area contributed by atoms with Crippen molar-refractivity contribution >= 4 is 21.4 Å². The van der Waals surface area contributed by atoms with Crippen molar-refractivity contribution < 1.29 is 39.6 Å². The highest BCUT2D eigenvalue weighted by molar-refractivity contribution is 7.92. The molecule has 1 aromatic heterocycles. The first-order chi connectivity index (χ1) is 15.5. The summed E-state index contributed by atoms with van der Waals surface area (Å²) in [4.78, 5) is 16.5. The van der Waals surface area contributed by atoms with Crippen LogP contribution in [0.15, 0.2) is 47.5 Å². The predicted octanol–water partition coefficient (Wildman–Crippen LogP) is 4.73. The van der Waals surface area contributed by atoms with Crippen LogP contribution in [0.25, 0.3) is 0 Å². The highest BCUT2D eigenvalue weighted by atomic mass is 32.2. The standard InChI is InChI=1S/C22H18F6N2O3S/c1-4-20(11-18(31)30(13-20)15-8-9-17(29-12-15)22(26,27)28)19(2,3)34(32,33)16-7-5-6-14(10-16)21(23,24)25/h1,5-10,12H,11,13H2,2-3H3. The molecule has 2 heterocycles. The SMILES string of the molecule is C#CC1(C(C)(C)S(=O)(=O)c2cccc(C(F)(F)F)c2)CC(=O)N(c2ccc(C(F)(F)F)nc2)C1. The maximum atomic E-state index is 13.5. The number of hydrogen-bond donors (Lipinski definition) is 0. The average Bonchev–Trinajstić information content (AvgIpc) is 3.11. The number of sulfone groups is 1. The van der Waals surface area contributed by atoms with Crippen LogP contribution in [0.3, 0.4) is 0 Å². The van der Waals surface area contributed by atoms with Gasteiger partial charge in [-0.05, 0) is 44.2 Å². The molecule has 0 bridgehead atoms. The van der Waals surface area contributed by atoms with Crippen LogP contribution < -0.4 is 4.90 Å². The second-order valence-corrected chi connectivity index (χ2v) is 10.8. The second kappa shape index (κ2) is 8.01. The Morgan fingerprint density at radius 3 is 2.21 bits per heavy atom. The van der Waals surface area contributed by atoms with Gasteiger partial charge < -0.3 is 4.90 Å². The monoisotopic (exact) mass is 504 g/mol. The van der Waals surface area contributed by atoms with Crippen molar-refractivity contribution in [3.63, 3.8) is 0 Å². The lowest BCUT2D eigenvalue weighted by Gasteiger charge is -2.39. The highest BCUT2D eigenvalue weighted by Crippen LogP contribution is 2.48. The Hall–Kier alpha value is -3.07. The van der Waals surface area contributed by atoms with Crippen LogP contribution in [0.5, 0.6) is 0 Å². The van der Waals surface area contributed by atoms with Gasteiger partial charge in [-0.2, -0.15) is 26.3 Å². The molecule has 1 aromatic carbocycles. The Labute approximate surface area is 191 Å². The number of rotatable bonds is 4. The van der Waals surface area contributed by atoms with E-state index in [1.165, 1.54) is 13.8 Å². The normalized spacial score (nSPS) is 19.9. The molecule has 5 nitrogen and oxygen atoms in total. The largest absolute Gasteiger partial charge is 0.433 e. The molecule has 0 spiro atoms. The fourth-order valence-electron chi connectivity index (χ4n) is 3.78. The smallest absolute Gasteiger partial charge is 0.309 e. The number of benzene rings is 1. The fraction of sp³-hybridized carbons (Fsp3) is 0.364. The summed E-state index contributed by atoms with van der Waals surface area (Å²) >= 11 is 0. The molecule has 3 rings (SSSR count). The van der Waals surface area contributed by atoms with E-state index in [-0.39, 0.29) is 12.2 Å². The molecule has 34 heavy (non-hydrogen) atoms. The summed E-state index contributed by atoms with van der Waals surface area (Å²) in [7, 11) is -4.52. The number of aromatic nitrogens is 1. The van der Waals surface area contributed by atoms with Crippen molar-refractivity contribution in [2.24, 2.45) is 5.41 Å². The first kappa shape index (κ1) is 25.6. The lowest BCUT2D eigenvalue weighted by atomic mass is 9.76. The van der Waals surface area contributed by atoms with Gasteiger partial charge in [0.15, 0.2) is 9.84 Å². The van der Waals surface area contributed by atoms with E-state index in [4.69, 9.17) is 6.42 Å². The first-order valence-electron chi connectivity index (χ1n) is 9.69. The summed E-state index contributed by atoms with van der Waals surface area (Å²) in [6.45, 7) is 2.04. The molecule has 12 heteroatoms. The minimum Gasteiger partial charge on any atom is -0.309 e. The van der Waals surface area contributed by atoms with Gasteiger partial charge in [0.25, 0.3) is 0 Å². The minimum absolute atomic E-state index is 0.0256. The Balaban J connectivity index is 2.02.